The predicted octanol–water partition coefficient (Wildman–Crippen LogP) is 1.84. The summed E-state index contributed by atoms with van der Waals surface area (Å²) < 4.78 is 10.3. The fraction of sp³-hybridized carbons (Fsp3) is 0.565. The van der Waals surface area contributed by atoms with Crippen LogP contribution in [0.5, 0.6) is 0 Å². The van der Waals surface area contributed by atoms with Gasteiger partial charge in [0.25, 0.3) is 11.6 Å². The number of thiophene rings is 1. The highest BCUT2D eigenvalue weighted by molar-refractivity contribution is 8.00. The van der Waals surface area contributed by atoms with Crippen LogP contribution in [0.2, 0.25) is 0 Å². The first-order valence-electron chi connectivity index (χ1n) is 11.4. The van der Waals surface area contributed by atoms with Gasteiger partial charge in [-0.1, -0.05) is 25.3 Å². The number of thioether (sulfide) groups is 1. The molecule has 2 unspecified atom stereocenters. The number of nitrogens with two attached hydrogens (primary N) is 1. The van der Waals surface area contributed by atoms with Gasteiger partial charge < -0.3 is 25.6 Å². The lowest BCUT2D eigenvalue weighted by Crippen LogP contribution is -2.80. The second-order valence-electron chi connectivity index (χ2n) is 8.52. The first kappa shape index (κ1) is 27.2. The second kappa shape index (κ2) is 12.0. The summed E-state index contributed by atoms with van der Waals surface area (Å²) in [5, 5.41) is 13.3. The van der Waals surface area contributed by atoms with Crippen molar-refractivity contribution < 1.29 is 33.8 Å². The maximum Gasteiger partial charge on any atom is 0.352 e. The summed E-state index contributed by atoms with van der Waals surface area (Å²) in [6, 6.07) is 4.16. The summed E-state index contributed by atoms with van der Waals surface area (Å²) in [5.41, 5.74) is 4.07. The molecule has 2 atom stereocenters. The molecule has 1 saturated carbocycles. The fourth-order valence-electron chi connectivity index (χ4n) is 4.20. The average Bonchev–Trinajstić information content (AvgIpc) is 3.34. The van der Waals surface area contributed by atoms with Crippen molar-refractivity contribution in [2.75, 3.05) is 19.5 Å². The van der Waals surface area contributed by atoms with Gasteiger partial charge in [-0.25, -0.2) is 4.79 Å². The van der Waals surface area contributed by atoms with E-state index < -0.39 is 34.9 Å². The lowest BCUT2D eigenvalue weighted by atomic mass is 9.97. The second-order valence-corrected chi connectivity index (χ2v) is 10.6. The van der Waals surface area contributed by atoms with E-state index in [4.69, 9.17) is 15.2 Å². The number of hydrogen-bond acceptors (Lipinski definition) is 9. The van der Waals surface area contributed by atoms with Gasteiger partial charge in [-0.3, -0.25) is 19.3 Å². The molecular formula is C23H31N3O7S2. The first-order chi connectivity index (χ1) is 16.7. The molecule has 2 aliphatic heterocycles. The maximum absolute atomic E-state index is 12.9. The molecule has 35 heavy (non-hydrogen) atoms. The fourth-order valence-corrected chi connectivity index (χ4v) is 6.32. The molecule has 4 N–H and O–H groups in total. The number of rotatable bonds is 7. The van der Waals surface area contributed by atoms with E-state index in [1.165, 1.54) is 69.2 Å². The van der Waals surface area contributed by atoms with E-state index in [1.54, 1.807) is 6.07 Å². The highest BCUT2D eigenvalue weighted by Gasteiger charge is 2.66. The zero-order chi connectivity index (χ0) is 25.6. The molecule has 10 nitrogen and oxygen atoms in total. The number of carboxylic acids is 1. The minimum Gasteiger partial charge on any atom is -0.477 e. The van der Waals surface area contributed by atoms with Crippen molar-refractivity contribution in [3.8, 4) is 0 Å². The topological polar surface area (TPSA) is 148 Å². The molecule has 2 amide bonds. The molecule has 4 rings (SSSR count). The largest absolute Gasteiger partial charge is 0.477 e. The summed E-state index contributed by atoms with van der Waals surface area (Å²) in [6.07, 6.45) is 6.75. The minimum absolute atomic E-state index is 0.0901. The van der Waals surface area contributed by atoms with Crippen LogP contribution < -0.4 is 11.1 Å². The van der Waals surface area contributed by atoms with E-state index in [2.05, 4.69) is 5.32 Å². The first-order valence-corrected chi connectivity index (χ1v) is 13.3. The molecule has 0 spiro atoms. The van der Waals surface area contributed by atoms with E-state index in [0.717, 1.165) is 9.78 Å². The van der Waals surface area contributed by atoms with Crippen LogP contribution in [0.4, 0.5) is 0 Å². The van der Waals surface area contributed by atoms with E-state index in [1.807, 2.05) is 11.4 Å². The molecule has 0 aromatic carbocycles. The quantitative estimate of drug-likeness (QED) is 0.275. The summed E-state index contributed by atoms with van der Waals surface area (Å²) >= 11 is 2.65. The van der Waals surface area contributed by atoms with Gasteiger partial charge in [0.1, 0.15) is 17.7 Å². The third-order valence-electron chi connectivity index (χ3n) is 5.97. The van der Waals surface area contributed by atoms with Crippen LogP contribution in [-0.4, -0.2) is 70.4 Å². The molecule has 3 heterocycles. The van der Waals surface area contributed by atoms with Crippen molar-refractivity contribution in [1.29, 1.82) is 0 Å². The van der Waals surface area contributed by atoms with Crippen LogP contribution in [0.25, 0.3) is 0 Å². The van der Waals surface area contributed by atoms with Crippen LogP contribution in [-0.2, 0) is 35.1 Å². The zero-order valence-corrected chi connectivity index (χ0v) is 21.4. The molecular weight excluding hydrogens is 494 g/mol. The Morgan fingerprint density at radius 2 is 2.00 bits per heavy atom. The van der Waals surface area contributed by atoms with E-state index in [9.17, 15) is 24.3 Å². The molecule has 1 aromatic rings. The van der Waals surface area contributed by atoms with E-state index in [-0.39, 0.29) is 24.5 Å². The molecule has 1 saturated heterocycles. The highest BCUT2D eigenvalue weighted by atomic mass is 32.2. The number of methoxy groups -OCH3 is 1. The van der Waals surface area contributed by atoms with Crippen molar-refractivity contribution in [1.82, 2.24) is 10.2 Å². The number of carbonyl (C=O) groups excluding carboxylic acids is 3. The SMILES string of the molecule is COC1(NC(=O)Cc2cccs2)C(=O)N2C(C(=O)O)=C(COC(C)=O)CSC21.NC1CCCCC1. The molecule has 0 bridgehead atoms. The van der Waals surface area contributed by atoms with Crippen molar-refractivity contribution in [3.05, 3.63) is 33.7 Å². The molecule has 12 heteroatoms. The monoisotopic (exact) mass is 525 g/mol. The Kier molecular flexibility index (Phi) is 9.34. The van der Waals surface area contributed by atoms with E-state index in [0.29, 0.717) is 11.6 Å². The number of amides is 2. The summed E-state index contributed by atoms with van der Waals surface area (Å²) in [7, 11) is 1.29. The molecule has 3 aliphatic rings. The van der Waals surface area contributed by atoms with Gasteiger partial charge in [0.15, 0.2) is 0 Å². The van der Waals surface area contributed by atoms with E-state index >= 15 is 0 Å². The number of nitrogens with one attached hydrogen (secondary N) is 1. The van der Waals surface area contributed by atoms with Crippen LogP contribution >= 0.6 is 23.1 Å². The van der Waals surface area contributed by atoms with Gasteiger partial charge in [-0.2, -0.15) is 0 Å². The number of hydrogen-bond donors (Lipinski definition) is 3. The Bertz CT molecular complexity index is 976. The average molecular weight is 526 g/mol. The van der Waals surface area contributed by atoms with Gasteiger partial charge in [-0.05, 0) is 24.3 Å². The highest BCUT2D eigenvalue weighted by Crippen LogP contribution is 2.46. The van der Waals surface area contributed by atoms with Crippen LogP contribution in [0, 0.1) is 0 Å². The van der Waals surface area contributed by atoms with Gasteiger partial charge in [0.2, 0.25) is 5.91 Å². The minimum atomic E-state index is -1.63. The van der Waals surface area contributed by atoms with Crippen molar-refractivity contribution in [3.63, 3.8) is 0 Å². The third-order valence-corrected chi connectivity index (χ3v) is 8.22. The lowest BCUT2D eigenvalue weighted by molar-refractivity contribution is -0.192. The number of carbonyl (C=O) groups is 4. The Morgan fingerprint density at radius 1 is 1.29 bits per heavy atom. The number of nitrogens with zero attached hydrogens (tertiary/aromatic N) is 1. The summed E-state index contributed by atoms with van der Waals surface area (Å²) in [6.45, 7) is 0.999. The van der Waals surface area contributed by atoms with Crippen LogP contribution in [0.15, 0.2) is 28.8 Å². The smallest absolute Gasteiger partial charge is 0.352 e. The van der Waals surface area contributed by atoms with Crippen molar-refractivity contribution >= 4 is 46.9 Å². The standard InChI is InChI=1S/C17H18N2O7S2.C6H13N/c1-9(20)26-7-10-8-28-16-17(25-2,15(24)19(16)13(10)14(22)23)18-12(21)6-11-4-3-5-27-11;7-6-4-2-1-3-5-6/h3-5,16H,6-8H2,1-2H3,(H,18,21)(H,22,23);6H,1-5,7H2. The summed E-state index contributed by atoms with van der Waals surface area (Å²) in [4.78, 5) is 50.0. The molecule has 1 aromatic heterocycles. The zero-order valence-electron chi connectivity index (χ0n) is 19.8. The molecule has 1 aliphatic carbocycles. The summed E-state index contributed by atoms with van der Waals surface area (Å²) in [5.74, 6) is -2.72. The number of carboxylic acid groups (broad SMARTS) is 1. The number of ether oxygens (including phenoxy) is 2. The maximum atomic E-state index is 12.9. The van der Waals surface area contributed by atoms with Gasteiger partial charge >= 0.3 is 11.9 Å². The normalized spacial score (nSPS) is 24.0. The van der Waals surface area contributed by atoms with Gasteiger partial charge in [0, 0.05) is 36.3 Å². The molecule has 0 radical (unpaired) electrons. The van der Waals surface area contributed by atoms with Crippen LogP contribution in [0.1, 0.15) is 43.9 Å². The van der Waals surface area contributed by atoms with Gasteiger partial charge in [-0.15, -0.1) is 23.1 Å². The third kappa shape index (κ3) is 6.24. The number of β-lactam (4-membered cyclic amide) rings is 1. The Hall–Kier alpha value is -2.41. The number of fused-ring (bicyclic) bond motifs is 1. The van der Waals surface area contributed by atoms with Crippen LogP contribution in [0.3, 0.4) is 0 Å². The van der Waals surface area contributed by atoms with Crippen molar-refractivity contribution in [2.45, 2.75) is 62.6 Å². The Morgan fingerprint density at radius 3 is 2.51 bits per heavy atom. The molecule has 2 fully saturated rings. The predicted molar refractivity (Wildman–Crippen MR) is 131 cm³/mol. The van der Waals surface area contributed by atoms with Gasteiger partial charge in [0.05, 0.1) is 6.42 Å². The molecule has 192 valence electrons. The lowest BCUT2D eigenvalue weighted by Gasteiger charge is -2.55. The number of aliphatic carboxylic acids is 1. The Labute approximate surface area is 212 Å². The Balaban J connectivity index is 0.000000420. The van der Waals surface area contributed by atoms with Crippen molar-refractivity contribution in [2.24, 2.45) is 5.73 Å². The number of esters is 1.